The lowest BCUT2D eigenvalue weighted by Crippen LogP contribution is -2.46. The third-order valence-electron chi connectivity index (χ3n) is 5.46. The lowest BCUT2D eigenvalue weighted by Gasteiger charge is -2.38. The zero-order valence-corrected chi connectivity index (χ0v) is 18.3. The van der Waals surface area contributed by atoms with Crippen LogP contribution in [-0.4, -0.2) is 54.5 Å². The van der Waals surface area contributed by atoms with Gasteiger partial charge in [-0.25, -0.2) is 0 Å². The van der Waals surface area contributed by atoms with E-state index in [2.05, 4.69) is 30.5 Å². The standard InChI is InChI=1S/C23H30N2O3S/c1-4-28-14-7-12-24(18(3)26)16-22(27)25-13-10-21-20(11-15-29-21)23(25)19-9-6-5-8-17(19)2/h5-6,8-9,11,15,23H,4,7,10,12-14,16H2,1-3H3/t23-/m1/s1. The van der Waals surface area contributed by atoms with Gasteiger partial charge in [0.1, 0.15) is 0 Å². The summed E-state index contributed by atoms with van der Waals surface area (Å²) in [4.78, 5) is 30.4. The number of fused-ring (bicyclic) bond motifs is 1. The van der Waals surface area contributed by atoms with Crippen molar-refractivity contribution >= 4 is 23.2 Å². The number of amides is 2. The molecular weight excluding hydrogens is 384 g/mol. The molecule has 29 heavy (non-hydrogen) atoms. The first kappa shape index (κ1) is 21.5. The van der Waals surface area contributed by atoms with Gasteiger partial charge in [0.15, 0.2) is 0 Å². The van der Waals surface area contributed by atoms with Crippen LogP contribution in [0.3, 0.4) is 0 Å². The zero-order valence-electron chi connectivity index (χ0n) is 17.5. The Morgan fingerprint density at radius 3 is 2.76 bits per heavy atom. The lowest BCUT2D eigenvalue weighted by atomic mass is 9.90. The number of ether oxygens (including phenoxy) is 1. The molecule has 1 atom stereocenters. The molecule has 0 saturated heterocycles. The summed E-state index contributed by atoms with van der Waals surface area (Å²) in [6, 6.07) is 10.3. The second kappa shape index (κ2) is 10.0. The van der Waals surface area contributed by atoms with Gasteiger partial charge >= 0.3 is 0 Å². The van der Waals surface area contributed by atoms with E-state index in [9.17, 15) is 9.59 Å². The first-order chi connectivity index (χ1) is 14.0. The number of benzene rings is 1. The highest BCUT2D eigenvalue weighted by Gasteiger charge is 2.34. The summed E-state index contributed by atoms with van der Waals surface area (Å²) in [6.07, 6.45) is 1.60. The van der Waals surface area contributed by atoms with Crippen molar-refractivity contribution in [3.63, 3.8) is 0 Å². The van der Waals surface area contributed by atoms with Crippen LogP contribution in [-0.2, 0) is 20.7 Å². The molecule has 2 aromatic rings. The number of aryl methyl sites for hydroxylation is 1. The Morgan fingerprint density at radius 1 is 1.24 bits per heavy atom. The molecule has 3 rings (SSSR count). The van der Waals surface area contributed by atoms with Crippen molar-refractivity contribution in [2.24, 2.45) is 0 Å². The van der Waals surface area contributed by atoms with Crippen LogP contribution in [0, 0.1) is 6.92 Å². The van der Waals surface area contributed by atoms with Crippen LogP contribution in [0.15, 0.2) is 35.7 Å². The van der Waals surface area contributed by atoms with E-state index in [1.165, 1.54) is 22.9 Å². The maximum absolute atomic E-state index is 13.3. The largest absolute Gasteiger partial charge is 0.382 e. The fourth-order valence-corrected chi connectivity index (χ4v) is 4.82. The van der Waals surface area contributed by atoms with Crippen LogP contribution in [0.2, 0.25) is 0 Å². The number of hydrogen-bond acceptors (Lipinski definition) is 4. The molecular formula is C23H30N2O3S. The van der Waals surface area contributed by atoms with Crippen LogP contribution in [0.4, 0.5) is 0 Å². The molecule has 0 bridgehead atoms. The number of rotatable bonds is 8. The predicted octanol–water partition coefficient (Wildman–Crippen LogP) is 3.81. The summed E-state index contributed by atoms with van der Waals surface area (Å²) in [5.41, 5.74) is 3.55. The van der Waals surface area contributed by atoms with E-state index in [0.717, 1.165) is 18.4 Å². The molecule has 6 heteroatoms. The van der Waals surface area contributed by atoms with Crippen molar-refractivity contribution in [2.45, 2.75) is 39.7 Å². The van der Waals surface area contributed by atoms with Crippen molar-refractivity contribution in [2.75, 3.05) is 32.8 Å². The molecule has 0 aliphatic carbocycles. The van der Waals surface area contributed by atoms with Gasteiger partial charge in [-0.1, -0.05) is 24.3 Å². The summed E-state index contributed by atoms with van der Waals surface area (Å²) in [5.74, 6) is -0.0720. The van der Waals surface area contributed by atoms with Crippen molar-refractivity contribution in [1.82, 2.24) is 9.80 Å². The van der Waals surface area contributed by atoms with E-state index in [-0.39, 0.29) is 24.4 Å². The molecule has 1 aliphatic rings. The molecule has 0 fully saturated rings. The Balaban J connectivity index is 1.81. The molecule has 2 heterocycles. The maximum atomic E-state index is 13.3. The fourth-order valence-electron chi connectivity index (χ4n) is 3.92. The molecule has 156 valence electrons. The van der Waals surface area contributed by atoms with Crippen LogP contribution in [0.5, 0.6) is 0 Å². The van der Waals surface area contributed by atoms with E-state index in [1.807, 2.05) is 24.0 Å². The van der Waals surface area contributed by atoms with Gasteiger partial charge in [0, 0.05) is 38.1 Å². The number of thiophene rings is 1. The van der Waals surface area contributed by atoms with E-state index in [0.29, 0.717) is 26.3 Å². The Labute approximate surface area is 177 Å². The Kier molecular flexibility index (Phi) is 7.45. The van der Waals surface area contributed by atoms with Crippen LogP contribution < -0.4 is 0 Å². The Bertz CT molecular complexity index is 848. The van der Waals surface area contributed by atoms with E-state index in [1.54, 1.807) is 16.2 Å². The minimum Gasteiger partial charge on any atom is -0.382 e. The molecule has 0 radical (unpaired) electrons. The SMILES string of the molecule is CCOCCCN(CC(=O)N1CCc2sccc2[C@H]1c1ccccc1C)C(C)=O. The molecule has 1 aromatic carbocycles. The number of nitrogens with zero attached hydrogens (tertiary/aromatic N) is 2. The quantitative estimate of drug-likeness (QED) is 0.617. The summed E-state index contributed by atoms with van der Waals surface area (Å²) < 4.78 is 5.37. The lowest BCUT2D eigenvalue weighted by molar-refractivity contribution is -0.140. The normalized spacial score (nSPS) is 15.8. The summed E-state index contributed by atoms with van der Waals surface area (Å²) in [5, 5.41) is 2.11. The van der Waals surface area contributed by atoms with Crippen molar-refractivity contribution < 1.29 is 14.3 Å². The third-order valence-corrected chi connectivity index (χ3v) is 6.46. The predicted molar refractivity (Wildman–Crippen MR) is 116 cm³/mol. The monoisotopic (exact) mass is 414 g/mol. The highest BCUT2D eigenvalue weighted by atomic mass is 32.1. The third kappa shape index (κ3) is 5.06. The average molecular weight is 415 g/mol. The molecule has 0 N–H and O–H groups in total. The topological polar surface area (TPSA) is 49.9 Å². The zero-order chi connectivity index (χ0) is 20.8. The summed E-state index contributed by atoms with van der Waals surface area (Å²) >= 11 is 1.76. The van der Waals surface area contributed by atoms with Gasteiger partial charge in [0.25, 0.3) is 0 Å². The Hall–Kier alpha value is -2.18. The highest BCUT2D eigenvalue weighted by Crippen LogP contribution is 2.38. The highest BCUT2D eigenvalue weighted by molar-refractivity contribution is 7.10. The average Bonchev–Trinajstić information content (AvgIpc) is 3.18. The molecule has 5 nitrogen and oxygen atoms in total. The minimum absolute atomic E-state index is 0.00159. The first-order valence-corrected chi connectivity index (χ1v) is 11.2. The van der Waals surface area contributed by atoms with Gasteiger partial charge < -0.3 is 14.5 Å². The summed E-state index contributed by atoms with van der Waals surface area (Å²) in [7, 11) is 0. The fraction of sp³-hybridized carbons (Fsp3) is 0.478. The first-order valence-electron chi connectivity index (χ1n) is 10.3. The van der Waals surface area contributed by atoms with Gasteiger partial charge in [0.05, 0.1) is 12.6 Å². The van der Waals surface area contributed by atoms with Crippen LogP contribution in [0.1, 0.15) is 47.9 Å². The van der Waals surface area contributed by atoms with E-state index < -0.39 is 0 Å². The van der Waals surface area contributed by atoms with Gasteiger partial charge in [-0.2, -0.15) is 0 Å². The maximum Gasteiger partial charge on any atom is 0.242 e. The smallest absolute Gasteiger partial charge is 0.242 e. The van der Waals surface area contributed by atoms with Gasteiger partial charge in [-0.15, -0.1) is 11.3 Å². The van der Waals surface area contributed by atoms with Crippen molar-refractivity contribution in [3.8, 4) is 0 Å². The number of carbonyl (C=O) groups is 2. The number of hydrogen-bond donors (Lipinski definition) is 0. The van der Waals surface area contributed by atoms with E-state index in [4.69, 9.17) is 4.74 Å². The van der Waals surface area contributed by atoms with Crippen LogP contribution >= 0.6 is 11.3 Å². The van der Waals surface area contributed by atoms with Crippen molar-refractivity contribution in [1.29, 1.82) is 0 Å². The summed E-state index contributed by atoms with van der Waals surface area (Å²) in [6.45, 7) is 8.16. The molecule has 1 aliphatic heterocycles. The molecule has 1 aromatic heterocycles. The molecule has 0 spiro atoms. The van der Waals surface area contributed by atoms with Crippen molar-refractivity contribution in [3.05, 3.63) is 57.3 Å². The van der Waals surface area contributed by atoms with Gasteiger partial charge in [-0.05, 0) is 54.8 Å². The Morgan fingerprint density at radius 2 is 2.03 bits per heavy atom. The number of carbonyl (C=O) groups excluding carboxylic acids is 2. The molecule has 2 amide bonds. The molecule has 0 unspecified atom stereocenters. The second-order valence-corrected chi connectivity index (χ2v) is 8.39. The van der Waals surface area contributed by atoms with E-state index >= 15 is 0 Å². The molecule has 0 saturated carbocycles. The minimum atomic E-state index is -0.0871. The van der Waals surface area contributed by atoms with Gasteiger partial charge in [-0.3, -0.25) is 9.59 Å². The second-order valence-electron chi connectivity index (χ2n) is 7.39. The van der Waals surface area contributed by atoms with Crippen LogP contribution in [0.25, 0.3) is 0 Å². The van der Waals surface area contributed by atoms with Gasteiger partial charge in [0.2, 0.25) is 11.8 Å².